The maximum absolute atomic E-state index is 11.9. The number of aliphatic hydroxyl groups excluding tert-OH is 2. The normalized spacial score (nSPS) is 42.7. The van der Waals surface area contributed by atoms with E-state index in [-0.39, 0.29) is 6.42 Å². The Morgan fingerprint density at radius 3 is 2.53 bits per heavy atom. The molecule has 1 heterocycles. The molecule has 1 unspecified atom stereocenters. The van der Waals surface area contributed by atoms with Crippen LogP contribution in [0.4, 0.5) is 0 Å². The maximum Gasteiger partial charge on any atom is 0.249 e. The van der Waals surface area contributed by atoms with Crippen molar-refractivity contribution in [3.05, 3.63) is 0 Å². The van der Waals surface area contributed by atoms with Crippen LogP contribution in [0.15, 0.2) is 0 Å². The number of Topliss-reactive ketones (excluding diaryl/α,β-unsaturated/α-hetero) is 1. The van der Waals surface area contributed by atoms with Crippen LogP contribution in [0.3, 0.4) is 0 Å². The minimum Gasteiger partial charge on any atom is -0.387 e. The van der Waals surface area contributed by atoms with Gasteiger partial charge in [0.05, 0.1) is 6.42 Å². The fraction of sp³-hybridized carbons (Fsp3) is 0.833. The predicted molar refractivity (Wildman–Crippen MR) is 62.2 cm³/mol. The first-order valence-corrected chi connectivity index (χ1v) is 6.41. The van der Waals surface area contributed by atoms with Crippen molar-refractivity contribution >= 4 is 11.7 Å². The molecule has 108 valence electrons. The maximum atomic E-state index is 11.9. The highest BCUT2D eigenvalue weighted by Crippen LogP contribution is 2.46. The number of hydrogen-bond acceptors (Lipinski definition) is 6. The Hall–Kier alpha value is -1.02. The van der Waals surface area contributed by atoms with E-state index in [9.17, 15) is 25.0 Å². The molecule has 1 saturated heterocycles. The number of hydroxylamine groups is 2. The number of ketones is 1. The number of carbonyl (C=O) groups is 2. The van der Waals surface area contributed by atoms with Gasteiger partial charge in [-0.15, -0.1) is 0 Å². The molecule has 19 heavy (non-hydrogen) atoms. The average Bonchev–Trinajstić information content (AvgIpc) is 2.40. The smallest absolute Gasteiger partial charge is 0.249 e. The molecule has 2 fully saturated rings. The number of ether oxygens (including phenoxy) is 1. The highest BCUT2D eigenvalue weighted by Gasteiger charge is 2.67. The second-order valence-corrected chi connectivity index (χ2v) is 5.25. The van der Waals surface area contributed by atoms with Crippen molar-refractivity contribution in [1.29, 1.82) is 0 Å². The molecule has 2 rings (SSSR count). The molecule has 0 aromatic heterocycles. The third-order valence-corrected chi connectivity index (χ3v) is 4.19. The van der Waals surface area contributed by atoms with Crippen molar-refractivity contribution < 1.29 is 29.7 Å². The van der Waals surface area contributed by atoms with Gasteiger partial charge in [0.1, 0.15) is 23.9 Å². The Bertz CT molecular complexity index is 400. The minimum atomic E-state index is -1.65. The third-order valence-electron chi connectivity index (χ3n) is 4.19. The second kappa shape index (κ2) is 4.82. The molecule has 0 radical (unpaired) electrons. The summed E-state index contributed by atoms with van der Waals surface area (Å²) in [5, 5.41) is 30.0. The fourth-order valence-electron chi connectivity index (χ4n) is 2.96. The summed E-state index contributed by atoms with van der Waals surface area (Å²) in [5.74, 6) is -1.74. The molecule has 1 aliphatic heterocycles. The van der Waals surface area contributed by atoms with E-state index in [1.54, 1.807) is 6.92 Å². The van der Waals surface area contributed by atoms with E-state index in [4.69, 9.17) is 4.74 Å². The van der Waals surface area contributed by atoms with Gasteiger partial charge in [0.15, 0.2) is 5.78 Å². The summed E-state index contributed by atoms with van der Waals surface area (Å²) in [5.41, 5.74) is -1.33. The largest absolute Gasteiger partial charge is 0.387 e. The van der Waals surface area contributed by atoms with Crippen LogP contribution in [-0.4, -0.2) is 62.6 Å². The van der Waals surface area contributed by atoms with E-state index < -0.39 is 41.5 Å². The highest BCUT2D eigenvalue weighted by molar-refractivity contribution is 5.92. The van der Waals surface area contributed by atoms with Crippen LogP contribution in [0, 0.1) is 5.92 Å². The fourth-order valence-corrected chi connectivity index (χ4v) is 2.96. The van der Waals surface area contributed by atoms with E-state index in [0.717, 1.165) is 0 Å². The minimum absolute atomic E-state index is 0.109. The van der Waals surface area contributed by atoms with Crippen molar-refractivity contribution in [3.63, 3.8) is 0 Å². The van der Waals surface area contributed by atoms with Crippen molar-refractivity contribution in [2.45, 2.75) is 50.5 Å². The molecule has 7 heteroatoms. The number of rotatable bonds is 3. The molecule has 1 aliphatic carbocycles. The molecule has 2 aliphatic rings. The second-order valence-electron chi connectivity index (χ2n) is 5.25. The zero-order valence-electron chi connectivity index (χ0n) is 10.9. The van der Waals surface area contributed by atoms with Crippen LogP contribution in [0.25, 0.3) is 0 Å². The van der Waals surface area contributed by atoms with E-state index in [1.165, 1.54) is 0 Å². The van der Waals surface area contributed by atoms with Crippen LogP contribution < -0.4 is 0 Å². The SMILES string of the molecule is CCCO[C@@H]1C(=O)[C@H](O)[C@H](O)C2(CC(=O)N2O)[C@@H]1C. The van der Waals surface area contributed by atoms with E-state index in [1.807, 2.05) is 6.92 Å². The molecule has 1 saturated carbocycles. The van der Waals surface area contributed by atoms with Gasteiger partial charge in [-0.05, 0) is 6.42 Å². The highest BCUT2D eigenvalue weighted by atomic mass is 16.5. The van der Waals surface area contributed by atoms with Gasteiger partial charge in [-0.25, -0.2) is 5.06 Å². The van der Waals surface area contributed by atoms with Gasteiger partial charge in [0.2, 0.25) is 5.91 Å². The molecule has 1 spiro atoms. The summed E-state index contributed by atoms with van der Waals surface area (Å²) < 4.78 is 5.42. The lowest BCUT2D eigenvalue weighted by molar-refractivity contribution is -0.288. The van der Waals surface area contributed by atoms with Crippen molar-refractivity contribution in [2.24, 2.45) is 5.92 Å². The van der Waals surface area contributed by atoms with Crippen LogP contribution in [0.2, 0.25) is 0 Å². The monoisotopic (exact) mass is 273 g/mol. The Morgan fingerprint density at radius 1 is 1.42 bits per heavy atom. The van der Waals surface area contributed by atoms with Gasteiger partial charge >= 0.3 is 0 Å². The van der Waals surface area contributed by atoms with Gasteiger partial charge in [-0.1, -0.05) is 13.8 Å². The van der Waals surface area contributed by atoms with Crippen molar-refractivity contribution in [1.82, 2.24) is 5.06 Å². The average molecular weight is 273 g/mol. The number of amides is 1. The zero-order valence-corrected chi connectivity index (χ0v) is 10.9. The Labute approximate surface area is 110 Å². The molecular weight excluding hydrogens is 254 g/mol. The molecular formula is C12H19NO6. The lowest BCUT2D eigenvalue weighted by Gasteiger charge is -2.58. The lowest BCUT2D eigenvalue weighted by atomic mass is 9.62. The zero-order chi connectivity index (χ0) is 14.4. The topological polar surface area (TPSA) is 107 Å². The number of carbonyl (C=O) groups excluding carboxylic acids is 2. The van der Waals surface area contributed by atoms with Crippen molar-refractivity contribution in [2.75, 3.05) is 6.61 Å². The van der Waals surface area contributed by atoms with Crippen molar-refractivity contribution in [3.8, 4) is 0 Å². The van der Waals surface area contributed by atoms with Gasteiger partial charge in [-0.2, -0.15) is 0 Å². The predicted octanol–water partition coefficient (Wildman–Crippen LogP) is -0.917. The molecule has 1 amide bonds. The molecule has 0 aromatic rings. The summed E-state index contributed by atoms with van der Waals surface area (Å²) in [6, 6.07) is 0. The number of aliphatic hydroxyl groups is 2. The first-order valence-electron chi connectivity index (χ1n) is 6.41. The van der Waals surface area contributed by atoms with Crippen LogP contribution in [0.5, 0.6) is 0 Å². The number of hydrogen-bond donors (Lipinski definition) is 3. The Balaban J connectivity index is 2.29. The first-order chi connectivity index (χ1) is 8.87. The molecule has 7 nitrogen and oxygen atoms in total. The van der Waals surface area contributed by atoms with Crippen LogP contribution in [0.1, 0.15) is 26.7 Å². The van der Waals surface area contributed by atoms with Crippen LogP contribution in [-0.2, 0) is 14.3 Å². The quantitative estimate of drug-likeness (QED) is 0.453. The molecule has 0 aromatic carbocycles. The van der Waals surface area contributed by atoms with E-state index >= 15 is 0 Å². The first kappa shape index (κ1) is 14.4. The third kappa shape index (κ3) is 1.80. The summed E-state index contributed by atoms with van der Waals surface area (Å²) in [7, 11) is 0. The Kier molecular flexibility index (Phi) is 3.65. The summed E-state index contributed by atoms with van der Waals surface area (Å²) >= 11 is 0. The van der Waals surface area contributed by atoms with Gasteiger partial charge in [-0.3, -0.25) is 14.8 Å². The van der Waals surface area contributed by atoms with E-state index in [0.29, 0.717) is 18.1 Å². The molecule has 3 N–H and O–H groups in total. The summed E-state index contributed by atoms with van der Waals surface area (Å²) in [6.45, 7) is 3.84. The summed E-state index contributed by atoms with van der Waals surface area (Å²) in [4.78, 5) is 23.2. The Morgan fingerprint density at radius 2 is 2.05 bits per heavy atom. The molecule has 5 atom stereocenters. The van der Waals surface area contributed by atoms with Crippen LogP contribution >= 0.6 is 0 Å². The lowest BCUT2D eigenvalue weighted by Crippen LogP contribution is -2.79. The van der Waals surface area contributed by atoms with E-state index in [2.05, 4.69) is 0 Å². The number of β-lactam (4-membered cyclic amide) rings is 1. The van der Waals surface area contributed by atoms with Gasteiger partial charge in [0.25, 0.3) is 0 Å². The number of nitrogens with zero attached hydrogens (tertiary/aromatic N) is 1. The standard InChI is InChI=1S/C12H19NO6/c1-3-4-19-10-6(2)12(5-7(14)13(12)18)11(17)9(16)8(10)15/h6,9-11,16-18H,3-5H2,1-2H3/t6-,9+,10+,11+,12?/m1/s1. The molecule has 0 bridgehead atoms. The van der Waals surface area contributed by atoms with Gasteiger partial charge < -0.3 is 14.9 Å². The summed E-state index contributed by atoms with van der Waals surface area (Å²) in [6.07, 6.45) is -3.49. The van der Waals surface area contributed by atoms with Gasteiger partial charge in [0, 0.05) is 12.5 Å².